The fourth-order valence-electron chi connectivity index (χ4n) is 2.54. The first-order chi connectivity index (χ1) is 11.9. The van der Waals surface area contributed by atoms with Crippen LogP contribution in [0.2, 0.25) is 0 Å². The minimum atomic E-state index is -0.947. The molecule has 2 rings (SSSR count). The molecule has 0 aliphatic heterocycles. The van der Waals surface area contributed by atoms with Crippen LogP contribution >= 0.6 is 0 Å². The maximum absolute atomic E-state index is 13.7. The zero-order valence-electron chi connectivity index (χ0n) is 13.5. The van der Waals surface area contributed by atoms with Crippen molar-refractivity contribution >= 4 is 11.9 Å². The van der Waals surface area contributed by atoms with Gasteiger partial charge in [0.2, 0.25) is 5.91 Å². The number of amides is 1. The molecule has 6 heteroatoms. The van der Waals surface area contributed by atoms with Crippen molar-refractivity contribution < 1.29 is 23.5 Å². The number of benzene rings is 2. The number of hydrogen-bond acceptors (Lipinski definition) is 2. The van der Waals surface area contributed by atoms with Crippen LogP contribution < -0.4 is 5.32 Å². The average Bonchev–Trinajstić information content (AvgIpc) is 2.56. The third-order valence-corrected chi connectivity index (χ3v) is 3.76. The van der Waals surface area contributed by atoms with Crippen LogP contribution in [-0.2, 0) is 22.4 Å². The van der Waals surface area contributed by atoms with Gasteiger partial charge in [-0.2, -0.15) is 0 Å². The lowest BCUT2D eigenvalue weighted by molar-refractivity contribution is -0.137. The standard InChI is InChI=1S/C19H19F2NO3/c20-15-7-6-14(17(21)12-15)11-18(23)22-16(8-9-19(24)25)10-13-4-2-1-3-5-13/h1-7,12,16H,8-11H2,(H,22,23)(H,24,25). The van der Waals surface area contributed by atoms with E-state index in [1.807, 2.05) is 30.3 Å². The molecule has 2 aromatic carbocycles. The molecule has 0 bridgehead atoms. The molecule has 25 heavy (non-hydrogen) atoms. The molecule has 0 spiro atoms. The van der Waals surface area contributed by atoms with E-state index in [1.54, 1.807) is 0 Å². The molecule has 132 valence electrons. The van der Waals surface area contributed by atoms with Gasteiger partial charge in [0.05, 0.1) is 6.42 Å². The molecule has 0 aromatic heterocycles. The fraction of sp³-hybridized carbons (Fsp3) is 0.263. The zero-order valence-corrected chi connectivity index (χ0v) is 13.5. The van der Waals surface area contributed by atoms with Crippen LogP contribution in [0.25, 0.3) is 0 Å². The van der Waals surface area contributed by atoms with Gasteiger partial charge in [0.25, 0.3) is 0 Å². The van der Waals surface area contributed by atoms with Gasteiger partial charge in [-0.05, 0) is 30.0 Å². The lowest BCUT2D eigenvalue weighted by Gasteiger charge is -2.18. The number of carboxylic acids is 1. The second-order valence-corrected chi connectivity index (χ2v) is 5.80. The Hall–Kier alpha value is -2.76. The Morgan fingerprint density at radius 2 is 1.80 bits per heavy atom. The first kappa shape index (κ1) is 18.6. The van der Waals surface area contributed by atoms with Gasteiger partial charge in [-0.15, -0.1) is 0 Å². The van der Waals surface area contributed by atoms with Crippen molar-refractivity contribution in [2.75, 3.05) is 0 Å². The SMILES string of the molecule is O=C(O)CCC(Cc1ccccc1)NC(=O)Cc1ccc(F)cc1F. The lowest BCUT2D eigenvalue weighted by atomic mass is 10.0. The van der Waals surface area contributed by atoms with Crippen LogP contribution in [0.1, 0.15) is 24.0 Å². The van der Waals surface area contributed by atoms with E-state index in [9.17, 15) is 18.4 Å². The van der Waals surface area contributed by atoms with Gasteiger partial charge in [0, 0.05) is 18.5 Å². The van der Waals surface area contributed by atoms with E-state index < -0.39 is 23.5 Å². The molecule has 0 saturated carbocycles. The molecule has 0 radical (unpaired) electrons. The summed E-state index contributed by atoms with van der Waals surface area (Å²) in [6.07, 6.45) is 0.431. The summed E-state index contributed by atoms with van der Waals surface area (Å²) in [5.74, 6) is -2.86. The summed E-state index contributed by atoms with van der Waals surface area (Å²) in [5.41, 5.74) is 1.06. The Bertz CT molecular complexity index is 735. The van der Waals surface area contributed by atoms with Gasteiger partial charge in [-0.1, -0.05) is 36.4 Å². The van der Waals surface area contributed by atoms with Crippen LogP contribution in [0, 0.1) is 11.6 Å². The highest BCUT2D eigenvalue weighted by atomic mass is 19.1. The molecule has 0 aliphatic carbocycles. The maximum Gasteiger partial charge on any atom is 0.303 e. The van der Waals surface area contributed by atoms with Gasteiger partial charge >= 0.3 is 5.97 Å². The van der Waals surface area contributed by atoms with Crippen LogP contribution in [0.3, 0.4) is 0 Å². The topological polar surface area (TPSA) is 66.4 Å². The number of carbonyl (C=O) groups is 2. The van der Waals surface area contributed by atoms with E-state index in [1.165, 1.54) is 6.07 Å². The van der Waals surface area contributed by atoms with Crippen molar-refractivity contribution in [2.24, 2.45) is 0 Å². The molecule has 4 nitrogen and oxygen atoms in total. The summed E-state index contributed by atoms with van der Waals surface area (Å²) in [5, 5.41) is 11.6. The van der Waals surface area contributed by atoms with Crippen molar-refractivity contribution in [3.63, 3.8) is 0 Å². The monoisotopic (exact) mass is 347 g/mol. The number of nitrogens with one attached hydrogen (secondary N) is 1. The molecule has 1 amide bonds. The Morgan fingerprint density at radius 1 is 1.08 bits per heavy atom. The summed E-state index contributed by atoms with van der Waals surface area (Å²) in [6, 6.07) is 12.0. The van der Waals surface area contributed by atoms with Crippen LogP contribution in [-0.4, -0.2) is 23.0 Å². The van der Waals surface area contributed by atoms with Crippen LogP contribution in [0.4, 0.5) is 8.78 Å². The minimum Gasteiger partial charge on any atom is -0.481 e. The summed E-state index contributed by atoms with van der Waals surface area (Å²) in [6.45, 7) is 0. The zero-order chi connectivity index (χ0) is 18.2. The molecule has 2 N–H and O–H groups in total. The summed E-state index contributed by atoms with van der Waals surface area (Å²) >= 11 is 0. The van der Waals surface area contributed by atoms with E-state index in [-0.39, 0.29) is 30.9 Å². The van der Waals surface area contributed by atoms with E-state index in [0.717, 1.165) is 17.7 Å². The molecule has 0 fully saturated rings. The highest BCUT2D eigenvalue weighted by Crippen LogP contribution is 2.12. The third-order valence-electron chi connectivity index (χ3n) is 3.76. The van der Waals surface area contributed by atoms with Crippen molar-refractivity contribution in [3.8, 4) is 0 Å². The van der Waals surface area contributed by atoms with Gasteiger partial charge in [-0.3, -0.25) is 9.59 Å². The Balaban J connectivity index is 2.01. The largest absolute Gasteiger partial charge is 0.481 e. The van der Waals surface area contributed by atoms with E-state index in [0.29, 0.717) is 6.42 Å². The van der Waals surface area contributed by atoms with Gasteiger partial charge < -0.3 is 10.4 Å². The number of carboxylic acid groups (broad SMARTS) is 1. The molecule has 0 aliphatic rings. The first-order valence-electron chi connectivity index (χ1n) is 7.93. The quantitative estimate of drug-likeness (QED) is 0.771. The van der Waals surface area contributed by atoms with Gasteiger partial charge in [0.15, 0.2) is 0 Å². The van der Waals surface area contributed by atoms with Gasteiger partial charge in [-0.25, -0.2) is 8.78 Å². The Kier molecular flexibility index (Phi) is 6.62. The first-order valence-corrected chi connectivity index (χ1v) is 7.93. The van der Waals surface area contributed by atoms with E-state index in [2.05, 4.69) is 5.32 Å². The van der Waals surface area contributed by atoms with Crippen molar-refractivity contribution in [3.05, 3.63) is 71.3 Å². The molecule has 1 unspecified atom stereocenters. The molecule has 0 heterocycles. The van der Waals surface area contributed by atoms with Gasteiger partial charge in [0.1, 0.15) is 11.6 Å². The normalized spacial score (nSPS) is 11.8. The maximum atomic E-state index is 13.7. The predicted octanol–water partition coefficient (Wildman–Crippen LogP) is 3.10. The molecule has 2 aromatic rings. The highest BCUT2D eigenvalue weighted by Gasteiger charge is 2.16. The molecule has 1 atom stereocenters. The average molecular weight is 347 g/mol. The van der Waals surface area contributed by atoms with Crippen LogP contribution in [0.15, 0.2) is 48.5 Å². The van der Waals surface area contributed by atoms with Crippen molar-refractivity contribution in [1.82, 2.24) is 5.32 Å². The van der Waals surface area contributed by atoms with Crippen molar-refractivity contribution in [1.29, 1.82) is 0 Å². The lowest BCUT2D eigenvalue weighted by Crippen LogP contribution is -2.38. The number of aliphatic carboxylic acids is 1. The molecular weight excluding hydrogens is 328 g/mol. The summed E-state index contributed by atoms with van der Waals surface area (Å²) < 4.78 is 26.6. The number of carbonyl (C=O) groups excluding carboxylic acids is 1. The highest BCUT2D eigenvalue weighted by molar-refractivity contribution is 5.79. The number of hydrogen-bond donors (Lipinski definition) is 2. The predicted molar refractivity (Wildman–Crippen MR) is 89.0 cm³/mol. The summed E-state index contributed by atoms with van der Waals surface area (Å²) in [7, 11) is 0. The molecular formula is C19H19F2NO3. The second kappa shape index (κ2) is 8.92. The third kappa shape index (κ3) is 6.33. The van der Waals surface area contributed by atoms with Crippen molar-refractivity contribution in [2.45, 2.75) is 31.7 Å². The smallest absolute Gasteiger partial charge is 0.303 e. The fourth-order valence-corrected chi connectivity index (χ4v) is 2.54. The Morgan fingerprint density at radius 3 is 2.44 bits per heavy atom. The Labute approximate surface area is 144 Å². The number of halogens is 2. The second-order valence-electron chi connectivity index (χ2n) is 5.80. The summed E-state index contributed by atoms with van der Waals surface area (Å²) in [4.78, 5) is 23.0. The van der Waals surface area contributed by atoms with Crippen LogP contribution in [0.5, 0.6) is 0 Å². The molecule has 0 saturated heterocycles. The number of rotatable bonds is 8. The van der Waals surface area contributed by atoms with E-state index >= 15 is 0 Å². The van der Waals surface area contributed by atoms with E-state index in [4.69, 9.17) is 5.11 Å². The minimum absolute atomic E-state index is 0.0807.